The molecule has 96 valence electrons. The summed E-state index contributed by atoms with van der Waals surface area (Å²) >= 11 is 0. The van der Waals surface area contributed by atoms with Crippen molar-refractivity contribution in [2.45, 2.75) is 50.7 Å². The fraction of sp³-hybridized carbons (Fsp3) is 0.833. The summed E-state index contributed by atoms with van der Waals surface area (Å²) in [6.45, 7) is 2.33. The van der Waals surface area contributed by atoms with E-state index in [4.69, 9.17) is 4.74 Å². The van der Waals surface area contributed by atoms with E-state index in [-0.39, 0.29) is 24.5 Å². The van der Waals surface area contributed by atoms with E-state index in [1.54, 1.807) is 6.92 Å². The van der Waals surface area contributed by atoms with Crippen LogP contribution in [0.4, 0.5) is 0 Å². The smallest absolute Gasteiger partial charge is 0.229 e. The number of nitrogens with zero attached hydrogens (tertiary/aromatic N) is 1. The average molecular weight is 241 g/mol. The summed E-state index contributed by atoms with van der Waals surface area (Å²) in [6, 6.07) is 0. The van der Waals surface area contributed by atoms with Crippen LogP contribution >= 0.6 is 0 Å². The number of imide groups is 1. The highest BCUT2D eigenvalue weighted by Crippen LogP contribution is 2.28. The highest BCUT2D eigenvalue weighted by atomic mass is 16.5. The number of aliphatic hydroxyl groups is 1. The van der Waals surface area contributed by atoms with Crippen LogP contribution in [0.15, 0.2) is 0 Å². The van der Waals surface area contributed by atoms with Crippen molar-refractivity contribution in [1.82, 2.24) is 4.90 Å². The van der Waals surface area contributed by atoms with Crippen molar-refractivity contribution in [2.75, 3.05) is 13.2 Å². The highest BCUT2D eigenvalue weighted by Gasteiger charge is 2.43. The van der Waals surface area contributed by atoms with Gasteiger partial charge in [-0.2, -0.15) is 0 Å². The largest absolute Gasteiger partial charge is 0.385 e. The monoisotopic (exact) mass is 241 g/mol. The van der Waals surface area contributed by atoms with E-state index < -0.39 is 5.60 Å². The van der Waals surface area contributed by atoms with Crippen LogP contribution in [0.3, 0.4) is 0 Å². The van der Waals surface area contributed by atoms with Gasteiger partial charge in [-0.1, -0.05) is 0 Å². The quantitative estimate of drug-likeness (QED) is 0.713. The molecular weight excluding hydrogens is 222 g/mol. The maximum atomic E-state index is 11.8. The van der Waals surface area contributed by atoms with Gasteiger partial charge in [0, 0.05) is 25.9 Å². The van der Waals surface area contributed by atoms with Crippen LogP contribution in [-0.2, 0) is 14.3 Å². The van der Waals surface area contributed by atoms with E-state index in [1.165, 1.54) is 4.90 Å². The number of ether oxygens (including phenoxy) is 1. The molecule has 2 aliphatic heterocycles. The van der Waals surface area contributed by atoms with Crippen LogP contribution in [0, 0.1) is 0 Å². The Kier molecular flexibility index (Phi) is 3.49. The summed E-state index contributed by atoms with van der Waals surface area (Å²) in [5.41, 5.74) is -1.07. The molecule has 2 fully saturated rings. The number of β-amino-alcohol motifs (C(OH)–C–C–N with tert-alkyl or cyclic N) is 1. The van der Waals surface area contributed by atoms with E-state index >= 15 is 0 Å². The Bertz CT molecular complexity index is 312. The molecule has 0 aromatic heterocycles. The molecule has 2 unspecified atom stereocenters. The molecule has 5 nitrogen and oxygen atoms in total. The molecule has 0 aromatic rings. The van der Waals surface area contributed by atoms with Gasteiger partial charge >= 0.3 is 0 Å². The maximum Gasteiger partial charge on any atom is 0.229 e. The summed E-state index contributed by atoms with van der Waals surface area (Å²) < 4.78 is 5.31. The maximum absolute atomic E-state index is 11.8. The SMILES string of the molecule is CC1OCCC1(O)CN1C(=O)CCCCC1=O. The molecule has 2 atom stereocenters. The third kappa shape index (κ3) is 2.50. The Balaban J connectivity index is 2.09. The summed E-state index contributed by atoms with van der Waals surface area (Å²) in [4.78, 5) is 24.8. The average Bonchev–Trinajstić information content (AvgIpc) is 2.53. The Morgan fingerprint density at radius 2 is 1.94 bits per heavy atom. The van der Waals surface area contributed by atoms with E-state index in [0.29, 0.717) is 25.9 Å². The van der Waals surface area contributed by atoms with Gasteiger partial charge in [-0.05, 0) is 19.8 Å². The number of hydrogen-bond acceptors (Lipinski definition) is 4. The first-order chi connectivity index (χ1) is 8.03. The second kappa shape index (κ2) is 4.74. The third-order valence-electron chi connectivity index (χ3n) is 3.72. The minimum Gasteiger partial charge on any atom is -0.385 e. The number of amides is 2. The minimum atomic E-state index is -1.07. The lowest BCUT2D eigenvalue weighted by Crippen LogP contribution is -2.51. The van der Waals surface area contributed by atoms with Crippen molar-refractivity contribution >= 4 is 11.8 Å². The molecule has 2 heterocycles. The van der Waals surface area contributed by atoms with Crippen molar-refractivity contribution in [3.8, 4) is 0 Å². The van der Waals surface area contributed by atoms with Gasteiger partial charge in [-0.25, -0.2) is 0 Å². The summed E-state index contributed by atoms with van der Waals surface area (Å²) in [5.74, 6) is -0.333. The van der Waals surface area contributed by atoms with Gasteiger partial charge in [0.25, 0.3) is 0 Å². The van der Waals surface area contributed by atoms with E-state index in [2.05, 4.69) is 0 Å². The van der Waals surface area contributed by atoms with Gasteiger partial charge in [-0.15, -0.1) is 0 Å². The Hall–Kier alpha value is -0.940. The highest BCUT2D eigenvalue weighted by molar-refractivity contribution is 5.96. The molecule has 0 spiro atoms. The summed E-state index contributed by atoms with van der Waals surface area (Å²) in [6.07, 6.45) is 2.46. The molecule has 2 saturated heterocycles. The normalized spacial score (nSPS) is 35.2. The van der Waals surface area contributed by atoms with E-state index in [0.717, 1.165) is 12.8 Å². The zero-order valence-corrected chi connectivity index (χ0v) is 10.1. The molecule has 0 aromatic carbocycles. The molecule has 17 heavy (non-hydrogen) atoms. The predicted molar refractivity (Wildman–Crippen MR) is 60.2 cm³/mol. The first-order valence-electron chi connectivity index (χ1n) is 6.20. The van der Waals surface area contributed by atoms with Crippen LogP contribution in [0.5, 0.6) is 0 Å². The van der Waals surface area contributed by atoms with Gasteiger partial charge in [0.1, 0.15) is 5.60 Å². The number of likely N-dealkylation sites (tertiary alicyclic amines) is 1. The summed E-state index contributed by atoms with van der Waals surface area (Å²) in [5, 5.41) is 10.4. The Morgan fingerprint density at radius 3 is 2.41 bits per heavy atom. The van der Waals surface area contributed by atoms with Gasteiger partial charge in [-0.3, -0.25) is 14.5 Å². The van der Waals surface area contributed by atoms with Crippen molar-refractivity contribution in [3.63, 3.8) is 0 Å². The molecule has 0 radical (unpaired) electrons. The van der Waals surface area contributed by atoms with Crippen molar-refractivity contribution in [3.05, 3.63) is 0 Å². The van der Waals surface area contributed by atoms with Crippen LogP contribution in [0.25, 0.3) is 0 Å². The van der Waals surface area contributed by atoms with Crippen molar-refractivity contribution in [2.24, 2.45) is 0 Å². The van der Waals surface area contributed by atoms with Gasteiger partial charge in [0.15, 0.2) is 0 Å². The lowest BCUT2D eigenvalue weighted by atomic mass is 9.95. The van der Waals surface area contributed by atoms with Crippen LogP contribution < -0.4 is 0 Å². The molecular formula is C12H19NO4. The molecule has 2 rings (SSSR count). The lowest BCUT2D eigenvalue weighted by molar-refractivity contribution is -0.149. The first kappa shape index (κ1) is 12.5. The van der Waals surface area contributed by atoms with E-state index in [1.807, 2.05) is 0 Å². The lowest BCUT2D eigenvalue weighted by Gasteiger charge is -2.31. The minimum absolute atomic E-state index is 0.0752. The summed E-state index contributed by atoms with van der Waals surface area (Å²) in [7, 11) is 0. The number of rotatable bonds is 2. The molecule has 2 amide bonds. The zero-order valence-electron chi connectivity index (χ0n) is 10.1. The first-order valence-corrected chi connectivity index (χ1v) is 6.20. The van der Waals surface area contributed by atoms with Gasteiger partial charge < -0.3 is 9.84 Å². The van der Waals surface area contributed by atoms with E-state index in [9.17, 15) is 14.7 Å². The predicted octanol–water partition coefficient (Wildman–Crippen LogP) is 0.455. The number of hydrogen-bond donors (Lipinski definition) is 1. The van der Waals surface area contributed by atoms with Gasteiger partial charge in [0.05, 0.1) is 12.6 Å². The fourth-order valence-corrected chi connectivity index (χ4v) is 2.39. The molecule has 1 N–H and O–H groups in total. The molecule has 0 bridgehead atoms. The topological polar surface area (TPSA) is 66.8 Å². The zero-order chi connectivity index (χ0) is 12.5. The molecule has 2 aliphatic rings. The number of carbonyl (C=O) groups excluding carboxylic acids is 2. The van der Waals surface area contributed by atoms with Crippen molar-refractivity contribution in [1.29, 1.82) is 0 Å². The van der Waals surface area contributed by atoms with Crippen molar-refractivity contribution < 1.29 is 19.4 Å². The Labute approximate surface area is 101 Å². The van der Waals surface area contributed by atoms with Crippen LogP contribution in [0.1, 0.15) is 39.0 Å². The second-order valence-electron chi connectivity index (χ2n) is 4.95. The van der Waals surface area contributed by atoms with Gasteiger partial charge in [0.2, 0.25) is 11.8 Å². The van der Waals surface area contributed by atoms with Crippen LogP contribution in [-0.4, -0.2) is 46.7 Å². The third-order valence-corrected chi connectivity index (χ3v) is 3.72. The second-order valence-corrected chi connectivity index (χ2v) is 4.95. The fourth-order valence-electron chi connectivity index (χ4n) is 2.39. The molecule has 0 aliphatic carbocycles. The Morgan fingerprint density at radius 1 is 1.35 bits per heavy atom. The van der Waals surface area contributed by atoms with Crippen LogP contribution in [0.2, 0.25) is 0 Å². The number of carbonyl (C=O) groups is 2. The standard InChI is InChI=1S/C12H19NO4/c1-9-12(16,6-7-17-9)8-13-10(14)4-2-3-5-11(13)15/h9,16H,2-8H2,1H3. The molecule has 0 saturated carbocycles. The molecule has 5 heteroatoms.